The number of carbonyl (C=O) groups excluding carboxylic acids is 2. The minimum absolute atomic E-state index is 0.0991. The van der Waals surface area contributed by atoms with Gasteiger partial charge in [0, 0.05) is 41.8 Å². The van der Waals surface area contributed by atoms with E-state index in [1.54, 1.807) is 30.4 Å². The highest BCUT2D eigenvalue weighted by Crippen LogP contribution is 2.33. The number of likely N-dealkylation sites (tertiary alicyclic amines) is 1. The summed E-state index contributed by atoms with van der Waals surface area (Å²) in [6.45, 7) is 6.18. The number of hydrogen-bond donors (Lipinski definition) is 0. The van der Waals surface area contributed by atoms with E-state index in [9.17, 15) is 9.59 Å². The second-order valence-electron chi connectivity index (χ2n) is 10.9. The number of ether oxygens (including phenoxy) is 1. The zero-order valence-electron chi connectivity index (χ0n) is 22.8. The Morgan fingerprint density at radius 3 is 2.65 bits per heavy atom. The first-order valence-corrected chi connectivity index (χ1v) is 13.8. The van der Waals surface area contributed by atoms with Crippen LogP contribution in [0.2, 0.25) is 0 Å². The van der Waals surface area contributed by atoms with Gasteiger partial charge in [0.2, 0.25) is 0 Å². The smallest absolute Gasteiger partial charge is 0.410 e. The Bertz CT molecular complexity index is 1580. The number of nitrogens with zero attached hydrogens (tertiary/aromatic N) is 6. The molecule has 1 saturated heterocycles. The van der Waals surface area contributed by atoms with E-state index in [1.807, 2.05) is 45.0 Å². The van der Waals surface area contributed by atoms with Crippen molar-refractivity contribution in [2.24, 2.45) is 7.05 Å². The first kappa shape index (κ1) is 27.7. The molecule has 9 nitrogen and oxygen atoms in total. The van der Waals surface area contributed by atoms with Crippen LogP contribution in [-0.4, -0.2) is 61.6 Å². The molecule has 2 aromatic carbocycles. The molecule has 4 aromatic rings. The molecule has 3 heterocycles. The van der Waals surface area contributed by atoms with Crippen LogP contribution >= 0.6 is 15.9 Å². The van der Waals surface area contributed by atoms with Crippen LogP contribution in [0.1, 0.15) is 44.0 Å². The van der Waals surface area contributed by atoms with E-state index >= 15 is 4.39 Å². The molecule has 1 atom stereocenters. The number of amides is 2. The third kappa shape index (κ3) is 5.84. The number of hydrogen-bond acceptors (Lipinski definition) is 6. The van der Waals surface area contributed by atoms with Crippen LogP contribution in [0.5, 0.6) is 0 Å². The van der Waals surface area contributed by atoms with Gasteiger partial charge < -0.3 is 9.64 Å². The maximum atomic E-state index is 15.6. The van der Waals surface area contributed by atoms with Gasteiger partial charge in [0.25, 0.3) is 5.91 Å². The molecule has 0 unspecified atom stereocenters. The van der Waals surface area contributed by atoms with E-state index in [0.29, 0.717) is 36.5 Å². The fourth-order valence-electron chi connectivity index (χ4n) is 4.87. The molecule has 0 radical (unpaired) electrons. The Hall–Kier alpha value is -3.86. The Kier molecular flexibility index (Phi) is 7.59. The normalized spacial score (nSPS) is 15.8. The van der Waals surface area contributed by atoms with Gasteiger partial charge in [-0.3, -0.25) is 14.4 Å². The number of halogens is 2. The van der Waals surface area contributed by atoms with E-state index in [0.717, 1.165) is 15.2 Å². The fourth-order valence-corrected chi connectivity index (χ4v) is 5.25. The number of aryl methyl sites for hydroxylation is 1. The monoisotopic (exact) mass is 608 g/mol. The highest BCUT2D eigenvalue weighted by atomic mass is 79.9. The van der Waals surface area contributed by atoms with Crippen molar-refractivity contribution in [1.29, 1.82) is 0 Å². The molecular weight excluding hydrogens is 579 g/mol. The van der Waals surface area contributed by atoms with Gasteiger partial charge in [-0.25, -0.2) is 14.2 Å². The van der Waals surface area contributed by atoms with Gasteiger partial charge in [0.05, 0.1) is 17.8 Å². The highest BCUT2D eigenvalue weighted by molar-refractivity contribution is 9.10. The first-order valence-electron chi connectivity index (χ1n) is 13.0. The molecule has 2 aromatic heterocycles. The lowest BCUT2D eigenvalue weighted by atomic mass is 10.0. The van der Waals surface area contributed by atoms with Gasteiger partial charge in [-0.2, -0.15) is 0 Å². The van der Waals surface area contributed by atoms with Crippen molar-refractivity contribution in [2.45, 2.75) is 45.3 Å². The van der Waals surface area contributed by atoms with Crippen molar-refractivity contribution in [3.63, 3.8) is 0 Å². The van der Waals surface area contributed by atoms with E-state index in [-0.39, 0.29) is 12.1 Å². The number of pyridine rings is 1. The molecule has 40 heavy (non-hydrogen) atoms. The maximum absolute atomic E-state index is 15.6. The topological polar surface area (TPSA) is 93.5 Å². The summed E-state index contributed by atoms with van der Waals surface area (Å²) in [6, 6.07) is 11.5. The van der Waals surface area contributed by atoms with Crippen LogP contribution in [0.3, 0.4) is 0 Å². The summed E-state index contributed by atoms with van der Waals surface area (Å²) >= 11 is 3.50. The van der Waals surface area contributed by atoms with Crippen LogP contribution in [-0.2, 0) is 11.8 Å². The van der Waals surface area contributed by atoms with Gasteiger partial charge in [-0.15, -0.1) is 5.10 Å². The van der Waals surface area contributed by atoms with Crippen molar-refractivity contribution in [1.82, 2.24) is 24.9 Å². The molecule has 0 bridgehead atoms. The van der Waals surface area contributed by atoms with Crippen molar-refractivity contribution in [2.75, 3.05) is 18.0 Å². The van der Waals surface area contributed by atoms with Crippen molar-refractivity contribution < 1.29 is 18.7 Å². The average Bonchev–Trinajstić information content (AvgIpc) is 3.34. The first-order chi connectivity index (χ1) is 19.0. The Balaban J connectivity index is 1.56. The molecule has 1 aliphatic heterocycles. The van der Waals surface area contributed by atoms with Crippen molar-refractivity contribution in [3.8, 4) is 11.3 Å². The number of rotatable bonds is 4. The predicted molar refractivity (Wildman–Crippen MR) is 153 cm³/mol. The quantitative estimate of drug-likeness (QED) is 0.283. The molecule has 0 aliphatic carbocycles. The van der Waals surface area contributed by atoms with E-state index in [1.165, 1.54) is 21.7 Å². The average molecular weight is 610 g/mol. The number of benzene rings is 2. The zero-order chi connectivity index (χ0) is 28.6. The Morgan fingerprint density at radius 1 is 1.15 bits per heavy atom. The third-order valence-electron chi connectivity index (χ3n) is 6.66. The Labute approximate surface area is 240 Å². The lowest BCUT2D eigenvalue weighted by Crippen LogP contribution is -2.53. The molecule has 5 rings (SSSR count). The summed E-state index contributed by atoms with van der Waals surface area (Å²) in [5.74, 6) is -0.813. The van der Waals surface area contributed by atoms with Gasteiger partial charge >= 0.3 is 6.09 Å². The summed E-state index contributed by atoms with van der Waals surface area (Å²) < 4.78 is 23.6. The number of aromatic nitrogens is 4. The number of anilines is 1. The minimum atomic E-state index is -0.680. The lowest BCUT2D eigenvalue weighted by Gasteiger charge is -2.39. The van der Waals surface area contributed by atoms with E-state index < -0.39 is 29.5 Å². The standard InChI is InChI=1S/C29H30BrFN6O3/c1-29(2,3)40-28(39)36-13-5-6-21(16-36)37(26-22-10-8-20(30)14-18(22)11-12-32-26)27(38)23-9-7-19(15-24(23)31)25-17-35(4)34-33-25/h7-12,14-15,17,21H,5-6,13,16H2,1-4H3/t21-/m1/s1. The van der Waals surface area contributed by atoms with Crippen LogP contribution in [0.4, 0.5) is 15.0 Å². The summed E-state index contributed by atoms with van der Waals surface area (Å²) in [5.41, 5.74) is 0.255. The van der Waals surface area contributed by atoms with Crippen molar-refractivity contribution >= 4 is 44.5 Å². The number of fused-ring (bicyclic) bond motifs is 1. The second kappa shape index (κ2) is 11.0. The molecule has 0 saturated carbocycles. The van der Waals surface area contributed by atoms with Crippen molar-refractivity contribution in [3.05, 3.63) is 70.7 Å². The van der Waals surface area contributed by atoms with Gasteiger partial charge in [-0.1, -0.05) is 27.2 Å². The van der Waals surface area contributed by atoms with Crippen LogP contribution < -0.4 is 4.90 Å². The van der Waals surface area contributed by atoms with Crippen LogP contribution in [0, 0.1) is 5.82 Å². The number of carbonyl (C=O) groups is 2. The molecule has 0 spiro atoms. The van der Waals surface area contributed by atoms with Gasteiger partial charge in [-0.05, 0) is 75.4 Å². The summed E-state index contributed by atoms with van der Waals surface area (Å²) in [4.78, 5) is 34.9. The van der Waals surface area contributed by atoms with Crippen LogP contribution in [0.25, 0.3) is 22.0 Å². The molecule has 1 fully saturated rings. The zero-order valence-corrected chi connectivity index (χ0v) is 24.4. The summed E-state index contributed by atoms with van der Waals surface area (Å²) in [5, 5.41) is 9.55. The molecular formula is C29H30BrFN6O3. The molecule has 11 heteroatoms. The fraction of sp³-hybridized carbons (Fsp3) is 0.345. The highest BCUT2D eigenvalue weighted by Gasteiger charge is 2.36. The summed E-state index contributed by atoms with van der Waals surface area (Å²) in [6.07, 6.45) is 4.12. The molecule has 2 amide bonds. The SMILES string of the molecule is Cn1cc(-c2ccc(C(=O)N(c3nccc4cc(Br)ccc34)[C@@H]3CCCN(C(=O)OC(C)(C)C)C3)c(F)c2)nn1. The second-order valence-corrected chi connectivity index (χ2v) is 11.8. The largest absolute Gasteiger partial charge is 0.444 e. The van der Waals surface area contributed by atoms with Crippen LogP contribution in [0.15, 0.2) is 59.3 Å². The van der Waals surface area contributed by atoms with E-state index in [4.69, 9.17) is 4.74 Å². The van der Waals surface area contributed by atoms with E-state index in [2.05, 4.69) is 31.2 Å². The molecule has 0 N–H and O–H groups in total. The van der Waals surface area contributed by atoms with Gasteiger partial charge in [0.1, 0.15) is 22.9 Å². The van der Waals surface area contributed by atoms with Gasteiger partial charge in [0.15, 0.2) is 0 Å². The Morgan fingerprint density at radius 2 is 1.95 bits per heavy atom. The molecule has 208 valence electrons. The summed E-state index contributed by atoms with van der Waals surface area (Å²) in [7, 11) is 1.73. The number of piperidine rings is 1. The predicted octanol–water partition coefficient (Wildman–Crippen LogP) is 5.98. The molecule has 1 aliphatic rings. The maximum Gasteiger partial charge on any atom is 0.410 e. The third-order valence-corrected chi connectivity index (χ3v) is 7.16. The minimum Gasteiger partial charge on any atom is -0.444 e. The lowest BCUT2D eigenvalue weighted by molar-refractivity contribution is 0.0196.